The molecule has 13 heteroatoms. The summed E-state index contributed by atoms with van der Waals surface area (Å²) in [6.45, 7) is 6.89. The Kier molecular flexibility index (Phi) is 10.6. The minimum absolute atomic E-state index is 0.00339. The van der Waals surface area contributed by atoms with Crippen molar-refractivity contribution in [1.29, 1.82) is 0 Å². The number of fused-ring (bicyclic) bond motifs is 3. The van der Waals surface area contributed by atoms with Gasteiger partial charge in [0.25, 0.3) is 0 Å². The number of nitrogens with zero attached hydrogens (tertiary/aromatic N) is 5. The Morgan fingerprint density at radius 3 is 2.30 bits per heavy atom. The van der Waals surface area contributed by atoms with Crippen LogP contribution in [0.5, 0.6) is 5.75 Å². The van der Waals surface area contributed by atoms with Crippen molar-refractivity contribution in [2.24, 2.45) is 11.3 Å². The highest BCUT2D eigenvalue weighted by Gasteiger charge is 2.51. The van der Waals surface area contributed by atoms with Crippen molar-refractivity contribution in [1.82, 2.24) is 25.1 Å². The lowest BCUT2D eigenvalue weighted by Crippen LogP contribution is -2.52. The van der Waals surface area contributed by atoms with Crippen LogP contribution in [-0.4, -0.2) is 77.5 Å². The summed E-state index contributed by atoms with van der Waals surface area (Å²) in [7, 11) is -1.29. The molecule has 5 fully saturated rings. The molecule has 2 amide bonds. The fourth-order valence-corrected chi connectivity index (χ4v) is 10.7. The van der Waals surface area contributed by atoms with Crippen LogP contribution in [0.1, 0.15) is 108 Å². The van der Waals surface area contributed by atoms with Gasteiger partial charge in [-0.25, -0.2) is 23.2 Å². The van der Waals surface area contributed by atoms with Gasteiger partial charge in [-0.05, 0) is 126 Å². The predicted octanol–water partition coefficient (Wildman–Crippen LogP) is 6.73. The number of nitrogens with one attached hydrogen (secondary N) is 1. The molecule has 3 heterocycles. The molecule has 0 radical (unpaired) electrons. The van der Waals surface area contributed by atoms with Gasteiger partial charge < -0.3 is 14.8 Å². The zero-order valence-corrected chi connectivity index (χ0v) is 32.4. The van der Waals surface area contributed by atoms with E-state index in [9.17, 15) is 18.0 Å². The van der Waals surface area contributed by atoms with Gasteiger partial charge in [0.1, 0.15) is 33.8 Å². The van der Waals surface area contributed by atoms with E-state index in [1.807, 2.05) is 28.0 Å². The highest BCUT2D eigenvalue weighted by molar-refractivity contribution is 7.91. The molecule has 8 rings (SSSR count). The maximum atomic E-state index is 14.7. The number of rotatable bonds is 10. The normalized spacial score (nSPS) is 27.0. The van der Waals surface area contributed by atoms with Crippen LogP contribution < -0.4 is 15.0 Å². The highest BCUT2D eigenvalue weighted by Crippen LogP contribution is 2.58. The Hall–Kier alpha value is -4.00. The summed E-state index contributed by atoms with van der Waals surface area (Å²) < 4.78 is 36.8. The van der Waals surface area contributed by atoms with E-state index in [2.05, 4.69) is 54.4 Å². The summed E-state index contributed by atoms with van der Waals surface area (Å²) in [5, 5.41) is 7.37. The quantitative estimate of drug-likeness (QED) is 0.239. The van der Waals surface area contributed by atoms with Crippen LogP contribution in [0, 0.1) is 18.3 Å². The Morgan fingerprint density at radius 2 is 1.68 bits per heavy atom. The molecular weight excluding hydrogens is 693 g/mol. The second kappa shape index (κ2) is 15.0. The van der Waals surface area contributed by atoms with Crippen molar-refractivity contribution in [3.63, 3.8) is 0 Å². The molecule has 5 aliphatic rings. The van der Waals surface area contributed by atoms with Gasteiger partial charge in [0.15, 0.2) is 0 Å². The number of aromatic nitrogens is 4. The molecule has 1 N–H and O–H groups in total. The summed E-state index contributed by atoms with van der Waals surface area (Å²) in [5.41, 5.74) is 4.35. The summed E-state index contributed by atoms with van der Waals surface area (Å²) in [6.07, 6.45) is 14.2. The number of sulfone groups is 1. The lowest BCUT2D eigenvalue weighted by molar-refractivity contribution is -0.124. The molecule has 2 aromatic heterocycles. The van der Waals surface area contributed by atoms with Gasteiger partial charge in [-0.3, -0.25) is 14.4 Å². The standard InChI is InChI=1S/C40H54N6O6S/c1-27(2)46-24-30(23-43-46)34-22-36(42-26-41-34)45(25-39-13-16-40(17-14-39,18-15-39)31-7-10-35(51-4)28(3)21-31)37(47)29-5-8-33(9-6-29)52-38(48)44-32-11-19-53(49,50)20-12-32/h7,10,21-24,26-27,29,32-33H,5-6,8-9,11-20,25H2,1-4H3,(H,44,48). The number of amides is 2. The third kappa shape index (κ3) is 8.10. The maximum absolute atomic E-state index is 14.7. The lowest BCUT2D eigenvalue weighted by atomic mass is 9.51. The second-order valence-corrected chi connectivity index (χ2v) is 18.7. The Balaban J connectivity index is 1.06. The van der Waals surface area contributed by atoms with E-state index in [1.54, 1.807) is 13.4 Å². The maximum Gasteiger partial charge on any atom is 0.407 e. The molecule has 1 aromatic carbocycles. The van der Waals surface area contributed by atoms with Crippen molar-refractivity contribution in [3.8, 4) is 17.0 Å². The van der Waals surface area contributed by atoms with E-state index in [-0.39, 0.29) is 52.3 Å². The molecule has 286 valence electrons. The number of anilines is 1. The van der Waals surface area contributed by atoms with E-state index in [1.165, 1.54) is 11.1 Å². The summed E-state index contributed by atoms with van der Waals surface area (Å²) >= 11 is 0. The van der Waals surface area contributed by atoms with Gasteiger partial charge in [-0.2, -0.15) is 5.10 Å². The lowest BCUT2D eigenvalue weighted by Gasteiger charge is -2.55. The van der Waals surface area contributed by atoms with Crippen molar-refractivity contribution in [2.75, 3.05) is 30.1 Å². The first-order valence-corrected chi connectivity index (χ1v) is 21.2. The first-order valence-electron chi connectivity index (χ1n) is 19.4. The first-order chi connectivity index (χ1) is 25.4. The van der Waals surface area contributed by atoms with Crippen LogP contribution in [0.15, 0.2) is 43.0 Å². The van der Waals surface area contributed by atoms with Gasteiger partial charge in [-0.1, -0.05) is 12.1 Å². The van der Waals surface area contributed by atoms with E-state index < -0.39 is 15.9 Å². The number of alkyl carbamates (subject to hydrolysis) is 1. The number of ether oxygens (including phenoxy) is 2. The number of benzene rings is 1. The topological polar surface area (TPSA) is 146 Å². The van der Waals surface area contributed by atoms with Crippen LogP contribution in [0.4, 0.5) is 10.6 Å². The summed E-state index contributed by atoms with van der Waals surface area (Å²) in [4.78, 5) is 38.6. The Morgan fingerprint density at radius 1 is 0.981 bits per heavy atom. The fourth-order valence-electron chi connectivity index (χ4n) is 9.19. The summed E-state index contributed by atoms with van der Waals surface area (Å²) in [6, 6.07) is 8.61. The van der Waals surface area contributed by atoms with Gasteiger partial charge in [0, 0.05) is 42.4 Å². The zero-order valence-electron chi connectivity index (χ0n) is 31.6. The van der Waals surface area contributed by atoms with Crippen molar-refractivity contribution < 1.29 is 27.5 Å². The molecule has 12 nitrogen and oxygen atoms in total. The van der Waals surface area contributed by atoms with E-state index >= 15 is 0 Å². The molecule has 3 aromatic rings. The second-order valence-electron chi connectivity index (χ2n) is 16.4. The van der Waals surface area contributed by atoms with E-state index in [4.69, 9.17) is 14.5 Å². The third-order valence-corrected chi connectivity index (χ3v) is 14.4. The van der Waals surface area contributed by atoms with Crippen LogP contribution in [-0.2, 0) is 24.8 Å². The molecule has 4 aliphatic carbocycles. The van der Waals surface area contributed by atoms with Gasteiger partial charge in [0.05, 0.1) is 30.5 Å². The molecule has 4 saturated carbocycles. The Labute approximate surface area is 313 Å². The van der Waals surface area contributed by atoms with Gasteiger partial charge in [0.2, 0.25) is 5.91 Å². The number of hydrogen-bond donors (Lipinski definition) is 1. The molecule has 0 atom stereocenters. The monoisotopic (exact) mass is 746 g/mol. The molecule has 0 spiro atoms. The molecule has 0 unspecified atom stereocenters. The zero-order chi connectivity index (χ0) is 37.4. The molecule has 1 saturated heterocycles. The number of aryl methyl sites for hydroxylation is 1. The third-order valence-electron chi connectivity index (χ3n) is 12.7. The van der Waals surface area contributed by atoms with Crippen molar-refractivity contribution in [2.45, 2.75) is 121 Å². The fraction of sp³-hybridized carbons (Fsp3) is 0.625. The predicted molar refractivity (Wildman–Crippen MR) is 203 cm³/mol. The number of hydrogen-bond acceptors (Lipinski definition) is 9. The smallest absolute Gasteiger partial charge is 0.407 e. The average molecular weight is 747 g/mol. The van der Waals surface area contributed by atoms with Crippen molar-refractivity contribution >= 4 is 27.7 Å². The van der Waals surface area contributed by atoms with Crippen molar-refractivity contribution in [3.05, 3.63) is 54.1 Å². The average Bonchev–Trinajstić information content (AvgIpc) is 3.67. The summed E-state index contributed by atoms with van der Waals surface area (Å²) in [5.74, 6) is 1.56. The first kappa shape index (κ1) is 37.3. The SMILES string of the molecule is COc1ccc(C23CCC(CN(C(=O)C4CCC(OC(=O)NC5CCS(=O)(=O)CC5)CC4)c4cc(-c5cnn(C(C)C)c5)ncn4)(CC2)CC3)cc1C. The van der Waals surface area contributed by atoms with Gasteiger partial charge >= 0.3 is 6.09 Å². The van der Waals surface area contributed by atoms with Crippen LogP contribution in [0.3, 0.4) is 0 Å². The Bertz CT molecular complexity index is 1880. The number of carbonyl (C=O) groups excluding carboxylic acids is 2. The minimum atomic E-state index is -3.01. The highest BCUT2D eigenvalue weighted by atomic mass is 32.2. The van der Waals surface area contributed by atoms with Crippen LogP contribution in [0.25, 0.3) is 11.3 Å². The van der Waals surface area contributed by atoms with Crippen LogP contribution in [0.2, 0.25) is 0 Å². The van der Waals surface area contributed by atoms with Crippen LogP contribution >= 0.6 is 0 Å². The molecule has 1 aliphatic heterocycles. The molecule has 53 heavy (non-hydrogen) atoms. The largest absolute Gasteiger partial charge is 0.496 e. The number of carbonyl (C=O) groups is 2. The van der Waals surface area contributed by atoms with E-state index in [0.717, 1.165) is 55.5 Å². The van der Waals surface area contributed by atoms with Gasteiger partial charge in [-0.15, -0.1) is 0 Å². The number of methoxy groups -OCH3 is 1. The molecule has 2 bridgehead atoms. The molecular formula is C40H54N6O6S. The van der Waals surface area contributed by atoms with E-state index in [0.29, 0.717) is 50.9 Å². The minimum Gasteiger partial charge on any atom is -0.496 e.